The zero-order chi connectivity index (χ0) is 11.4. The Morgan fingerprint density at radius 3 is 2.50 bits per heavy atom. The Kier molecular flexibility index (Phi) is 3.34. The van der Waals surface area contributed by atoms with Crippen LogP contribution in [0.1, 0.15) is 24.8 Å². The third kappa shape index (κ3) is 2.69. The van der Waals surface area contributed by atoms with Crippen LogP contribution in [0.4, 0.5) is 0 Å². The number of hydrogen-bond acceptors (Lipinski definition) is 2. The first-order valence-electron chi connectivity index (χ1n) is 5.59. The number of carbonyl (C=O) groups is 2. The van der Waals surface area contributed by atoms with Gasteiger partial charge in [0.1, 0.15) is 5.78 Å². The number of rotatable bonds is 2. The Labute approximate surface area is 95.1 Å². The highest BCUT2D eigenvalue weighted by molar-refractivity contribution is 5.87. The normalized spacial score (nSPS) is 17.4. The van der Waals surface area contributed by atoms with E-state index in [0.717, 1.165) is 5.56 Å². The van der Waals surface area contributed by atoms with Crippen LogP contribution in [0.2, 0.25) is 0 Å². The van der Waals surface area contributed by atoms with Crippen LogP contribution in [0.15, 0.2) is 30.3 Å². The standard InChI is InChI=1S/C13H15NO2/c15-12-6-7-13(16)14(9-8-12)10-11-4-2-1-3-5-11/h1-5H,6-10H2. The van der Waals surface area contributed by atoms with Gasteiger partial charge in [-0.15, -0.1) is 0 Å². The summed E-state index contributed by atoms with van der Waals surface area (Å²) in [5, 5.41) is 0. The van der Waals surface area contributed by atoms with Crippen molar-refractivity contribution in [3.63, 3.8) is 0 Å². The number of ketones is 1. The first-order chi connectivity index (χ1) is 7.75. The van der Waals surface area contributed by atoms with Crippen molar-refractivity contribution in [2.24, 2.45) is 0 Å². The lowest BCUT2D eigenvalue weighted by molar-refractivity contribution is -0.131. The molecule has 0 aliphatic carbocycles. The summed E-state index contributed by atoms with van der Waals surface area (Å²) in [5.74, 6) is 0.290. The molecule has 1 aliphatic heterocycles. The third-order valence-electron chi connectivity index (χ3n) is 2.85. The second-order valence-electron chi connectivity index (χ2n) is 4.09. The monoisotopic (exact) mass is 217 g/mol. The fourth-order valence-electron chi connectivity index (χ4n) is 1.88. The lowest BCUT2D eigenvalue weighted by atomic mass is 10.2. The number of hydrogen-bond donors (Lipinski definition) is 0. The molecule has 1 fully saturated rings. The minimum absolute atomic E-state index is 0.0923. The highest BCUT2D eigenvalue weighted by Gasteiger charge is 2.20. The van der Waals surface area contributed by atoms with Gasteiger partial charge in [-0.05, 0) is 5.56 Å². The summed E-state index contributed by atoms with van der Waals surface area (Å²) in [6, 6.07) is 9.88. The lowest BCUT2D eigenvalue weighted by Crippen LogP contribution is -2.29. The van der Waals surface area contributed by atoms with E-state index in [1.54, 1.807) is 4.90 Å². The second-order valence-corrected chi connectivity index (χ2v) is 4.09. The van der Waals surface area contributed by atoms with Gasteiger partial charge in [0.15, 0.2) is 0 Å². The molecule has 0 aromatic heterocycles. The molecule has 1 heterocycles. The molecule has 1 saturated heterocycles. The predicted molar refractivity (Wildman–Crippen MR) is 60.7 cm³/mol. The fourth-order valence-corrected chi connectivity index (χ4v) is 1.88. The highest BCUT2D eigenvalue weighted by Crippen LogP contribution is 2.12. The lowest BCUT2D eigenvalue weighted by Gasteiger charge is -2.20. The Hall–Kier alpha value is -1.64. The maximum atomic E-state index is 11.7. The summed E-state index contributed by atoms with van der Waals surface area (Å²) in [6.45, 7) is 1.18. The quantitative estimate of drug-likeness (QED) is 0.757. The molecule has 0 unspecified atom stereocenters. The first-order valence-corrected chi connectivity index (χ1v) is 5.59. The minimum atomic E-state index is 0.0923. The molecule has 0 N–H and O–H groups in total. The molecule has 3 heteroatoms. The molecule has 2 rings (SSSR count). The van der Waals surface area contributed by atoms with Gasteiger partial charge in [0.05, 0.1) is 0 Å². The SMILES string of the molecule is O=C1CCC(=O)N(Cc2ccccc2)CC1. The van der Waals surface area contributed by atoms with Crippen molar-refractivity contribution in [3.8, 4) is 0 Å². The maximum absolute atomic E-state index is 11.7. The van der Waals surface area contributed by atoms with E-state index in [4.69, 9.17) is 0 Å². The molecule has 0 radical (unpaired) electrons. The molecule has 3 nitrogen and oxygen atoms in total. The number of likely N-dealkylation sites (tertiary alicyclic amines) is 1. The van der Waals surface area contributed by atoms with Gasteiger partial charge in [-0.3, -0.25) is 9.59 Å². The van der Waals surface area contributed by atoms with Crippen molar-refractivity contribution in [1.29, 1.82) is 0 Å². The van der Waals surface area contributed by atoms with Gasteiger partial charge >= 0.3 is 0 Å². The average Bonchev–Trinajstić information content (AvgIpc) is 2.46. The van der Waals surface area contributed by atoms with Crippen molar-refractivity contribution in [2.75, 3.05) is 6.54 Å². The summed E-state index contributed by atoms with van der Waals surface area (Å²) in [5.41, 5.74) is 1.12. The molecule has 0 saturated carbocycles. The zero-order valence-corrected chi connectivity index (χ0v) is 9.19. The molecule has 0 spiro atoms. The molecule has 84 valence electrons. The van der Waals surface area contributed by atoms with E-state index in [1.807, 2.05) is 30.3 Å². The van der Waals surface area contributed by atoms with Gasteiger partial charge in [0, 0.05) is 32.4 Å². The van der Waals surface area contributed by atoms with Crippen molar-refractivity contribution >= 4 is 11.7 Å². The Bertz CT molecular complexity index is 386. The topological polar surface area (TPSA) is 37.4 Å². The average molecular weight is 217 g/mol. The summed E-state index contributed by atoms with van der Waals surface area (Å²) >= 11 is 0. The van der Waals surface area contributed by atoms with Crippen LogP contribution >= 0.6 is 0 Å². The highest BCUT2D eigenvalue weighted by atomic mass is 16.2. The summed E-state index contributed by atoms with van der Waals surface area (Å²) < 4.78 is 0. The summed E-state index contributed by atoms with van der Waals surface area (Å²) in [6.07, 6.45) is 1.27. The van der Waals surface area contributed by atoms with Gasteiger partial charge < -0.3 is 4.90 Å². The van der Waals surface area contributed by atoms with Gasteiger partial charge in [0.2, 0.25) is 5.91 Å². The maximum Gasteiger partial charge on any atom is 0.223 e. The Morgan fingerprint density at radius 2 is 1.75 bits per heavy atom. The fraction of sp³-hybridized carbons (Fsp3) is 0.385. The molecule has 1 aromatic carbocycles. The zero-order valence-electron chi connectivity index (χ0n) is 9.19. The molecule has 1 amide bonds. The van der Waals surface area contributed by atoms with E-state index in [9.17, 15) is 9.59 Å². The van der Waals surface area contributed by atoms with Crippen molar-refractivity contribution < 1.29 is 9.59 Å². The number of Topliss-reactive ketones (excluding diaryl/α,β-unsaturated/α-hetero) is 1. The van der Waals surface area contributed by atoms with E-state index >= 15 is 0 Å². The Morgan fingerprint density at radius 1 is 1.00 bits per heavy atom. The van der Waals surface area contributed by atoms with Crippen LogP contribution < -0.4 is 0 Å². The molecule has 16 heavy (non-hydrogen) atoms. The van der Waals surface area contributed by atoms with Crippen LogP contribution in [0.5, 0.6) is 0 Å². The minimum Gasteiger partial charge on any atom is -0.338 e. The van der Waals surface area contributed by atoms with Crippen LogP contribution in [0, 0.1) is 0 Å². The number of amides is 1. The third-order valence-corrected chi connectivity index (χ3v) is 2.85. The van der Waals surface area contributed by atoms with Crippen molar-refractivity contribution in [3.05, 3.63) is 35.9 Å². The molecule has 1 aromatic rings. The number of nitrogens with zero attached hydrogens (tertiary/aromatic N) is 1. The van der Waals surface area contributed by atoms with E-state index in [-0.39, 0.29) is 11.7 Å². The second kappa shape index (κ2) is 4.92. The molecular formula is C13H15NO2. The van der Waals surface area contributed by atoms with E-state index < -0.39 is 0 Å². The van der Waals surface area contributed by atoms with E-state index in [1.165, 1.54) is 0 Å². The first kappa shape index (κ1) is 10.9. The van der Waals surface area contributed by atoms with Gasteiger partial charge in [0.25, 0.3) is 0 Å². The Balaban J connectivity index is 2.03. The molecule has 0 bridgehead atoms. The summed E-state index contributed by atoms with van der Waals surface area (Å²) in [7, 11) is 0. The largest absolute Gasteiger partial charge is 0.338 e. The van der Waals surface area contributed by atoms with Gasteiger partial charge in [-0.2, -0.15) is 0 Å². The summed E-state index contributed by atoms with van der Waals surface area (Å²) in [4.78, 5) is 24.8. The number of benzene rings is 1. The van der Waals surface area contributed by atoms with Gasteiger partial charge in [-0.1, -0.05) is 30.3 Å². The van der Waals surface area contributed by atoms with Crippen LogP contribution in [0.3, 0.4) is 0 Å². The number of carbonyl (C=O) groups excluding carboxylic acids is 2. The van der Waals surface area contributed by atoms with E-state index in [2.05, 4.69) is 0 Å². The van der Waals surface area contributed by atoms with Crippen LogP contribution in [-0.4, -0.2) is 23.1 Å². The predicted octanol–water partition coefficient (Wildman–Crippen LogP) is 1.77. The van der Waals surface area contributed by atoms with Gasteiger partial charge in [-0.25, -0.2) is 0 Å². The smallest absolute Gasteiger partial charge is 0.223 e. The molecular weight excluding hydrogens is 202 g/mol. The van der Waals surface area contributed by atoms with Crippen molar-refractivity contribution in [1.82, 2.24) is 4.90 Å². The van der Waals surface area contributed by atoms with Crippen LogP contribution in [-0.2, 0) is 16.1 Å². The van der Waals surface area contributed by atoms with Crippen molar-refractivity contribution in [2.45, 2.75) is 25.8 Å². The molecule has 1 aliphatic rings. The van der Waals surface area contributed by atoms with Crippen LogP contribution in [0.25, 0.3) is 0 Å². The molecule has 0 atom stereocenters. The van der Waals surface area contributed by atoms with E-state index in [0.29, 0.717) is 32.4 Å².